The van der Waals surface area contributed by atoms with Gasteiger partial charge >= 0.3 is 0 Å². The van der Waals surface area contributed by atoms with Crippen molar-refractivity contribution >= 4 is 46.2 Å². The van der Waals surface area contributed by atoms with Gasteiger partial charge in [-0.05, 0) is 49.4 Å². The number of fused-ring (bicyclic) bond motifs is 1. The van der Waals surface area contributed by atoms with Crippen LogP contribution in [0.15, 0.2) is 41.4 Å². The Balaban J connectivity index is 2.23. The molecule has 6 heteroatoms. The fourth-order valence-electron chi connectivity index (χ4n) is 3.25. The van der Waals surface area contributed by atoms with Gasteiger partial charge in [0, 0.05) is 23.7 Å². The number of hydrogen-bond donors (Lipinski definition) is 0. The summed E-state index contributed by atoms with van der Waals surface area (Å²) in [7, 11) is 0. The van der Waals surface area contributed by atoms with Crippen LogP contribution in [0.25, 0.3) is 16.8 Å². The van der Waals surface area contributed by atoms with Gasteiger partial charge in [0.25, 0.3) is 0 Å². The Morgan fingerprint density at radius 1 is 1.08 bits per heavy atom. The van der Waals surface area contributed by atoms with Crippen molar-refractivity contribution in [3.63, 3.8) is 0 Å². The van der Waals surface area contributed by atoms with Crippen LogP contribution in [0.3, 0.4) is 0 Å². The topological polar surface area (TPSA) is 20.5 Å². The molecule has 138 valence electrons. The molecule has 26 heavy (non-hydrogen) atoms. The lowest BCUT2D eigenvalue weighted by Gasteiger charge is -2.23. The molecule has 1 aromatic carbocycles. The molecule has 0 spiro atoms. The van der Waals surface area contributed by atoms with Gasteiger partial charge in [-0.25, -0.2) is 4.52 Å². The van der Waals surface area contributed by atoms with Crippen molar-refractivity contribution in [1.82, 2.24) is 9.61 Å². The van der Waals surface area contributed by atoms with Gasteiger partial charge < -0.3 is 4.90 Å². The largest absolute Gasteiger partial charge is 0.368 e. The van der Waals surface area contributed by atoms with Gasteiger partial charge in [0.05, 0.1) is 21.9 Å². The molecule has 0 radical (unpaired) electrons. The van der Waals surface area contributed by atoms with Crippen LogP contribution in [-0.4, -0.2) is 29.0 Å². The highest BCUT2D eigenvalue weighted by Gasteiger charge is 2.20. The second-order valence-electron chi connectivity index (χ2n) is 6.18. The van der Waals surface area contributed by atoms with Gasteiger partial charge in [-0.1, -0.05) is 43.1 Å². The molecule has 0 aliphatic rings. The molecule has 0 aliphatic carbocycles. The first-order chi connectivity index (χ1) is 12.6. The van der Waals surface area contributed by atoms with Crippen molar-refractivity contribution in [2.24, 2.45) is 0 Å². The summed E-state index contributed by atoms with van der Waals surface area (Å²) in [4.78, 5) is 2.45. The Bertz CT molecular complexity index is 901. The lowest BCUT2D eigenvalue weighted by Crippen LogP contribution is -2.25. The van der Waals surface area contributed by atoms with Gasteiger partial charge in [-0.2, -0.15) is 5.10 Å². The standard InChI is InChI=1S/C20H23Cl2N3S/c1-4-11-24(12-5-2)19-18-8-6-7-17(25(18)23-20(19)26-3)15-10-9-14(21)13-16(15)22/h6-10,13H,4-5,11-12H2,1-3H3. The monoisotopic (exact) mass is 407 g/mol. The van der Waals surface area contributed by atoms with Crippen LogP contribution in [0.2, 0.25) is 10.0 Å². The normalized spacial score (nSPS) is 11.3. The van der Waals surface area contributed by atoms with Gasteiger partial charge in [0.1, 0.15) is 5.03 Å². The molecule has 0 saturated heterocycles. The summed E-state index contributed by atoms with van der Waals surface area (Å²) >= 11 is 14.2. The van der Waals surface area contributed by atoms with Crippen LogP contribution < -0.4 is 4.90 Å². The van der Waals surface area contributed by atoms with E-state index in [9.17, 15) is 0 Å². The van der Waals surface area contributed by atoms with E-state index < -0.39 is 0 Å². The van der Waals surface area contributed by atoms with Crippen molar-refractivity contribution in [3.8, 4) is 11.3 Å². The van der Waals surface area contributed by atoms with E-state index >= 15 is 0 Å². The summed E-state index contributed by atoms with van der Waals surface area (Å²) in [5.41, 5.74) is 4.23. The summed E-state index contributed by atoms with van der Waals surface area (Å²) in [6, 6.07) is 11.8. The first-order valence-electron chi connectivity index (χ1n) is 8.86. The van der Waals surface area contributed by atoms with Gasteiger partial charge in [0.2, 0.25) is 0 Å². The number of anilines is 1. The molecule has 2 aromatic heterocycles. The summed E-state index contributed by atoms with van der Waals surface area (Å²) in [5, 5.41) is 7.21. The van der Waals surface area contributed by atoms with E-state index in [1.54, 1.807) is 17.8 Å². The summed E-state index contributed by atoms with van der Waals surface area (Å²) < 4.78 is 2.01. The maximum atomic E-state index is 6.47. The zero-order valence-corrected chi connectivity index (χ0v) is 17.6. The molecule has 0 atom stereocenters. The molecule has 3 aromatic rings. The Kier molecular flexibility index (Phi) is 6.38. The highest BCUT2D eigenvalue weighted by atomic mass is 35.5. The van der Waals surface area contributed by atoms with E-state index in [1.807, 2.05) is 22.7 Å². The number of benzene rings is 1. The molecular weight excluding hydrogens is 385 g/mol. The Labute approximate surface area is 169 Å². The Hall–Kier alpha value is -1.36. The summed E-state index contributed by atoms with van der Waals surface area (Å²) in [5.74, 6) is 0. The van der Waals surface area contributed by atoms with E-state index in [0.29, 0.717) is 10.0 Å². The number of aromatic nitrogens is 2. The number of hydrogen-bond acceptors (Lipinski definition) is 3. The van der Waals surface area contributed by atoms with E-state index in [1.165, 1.54) is 5.69 Å². The highest BCUT2D eigenvalue weighted by Crippen LogP contribution is 2.37. The average molecular weight is 408 g/mol. The minimum atomic E-state index is 0.631. The van der Waals surface area contributed by atoms with Crippen molar-refractivity contribution in [1.29, 1.82) is 0 Å². The third kappa shape index (κ3) is 3.68. The maximum Gasteiger partial charge on any atom is 0.142 e. The lowest BCUT2D eigenvalue weighted by atomic mass is 10.1. The second-order valence-corrected chi connectivity index (χ2v) is 7.82. The number of halogens is 2. The van der Waals surface area contributed by atoms with Crippen molar-refractivity contribution in [2.45, 2.75) is 31.7 Å². The molecule has 0 bridgehead atoms. The van der Waals surface area contributed by atoms with Crippen molar-refractivity contribution < 1.29 is 0 Å². The molecule has 3 nitrogen and oxygen atoms in total. The zero-order valence-electron chi connectivity index (χ0n) is 15.3. The zero-order chi connectivity index (χ0) is 18.7. The SMILES string of the molecule is CCCN(CCC)c1c(SC)nn2c(-c3ccc(Cl)cc3Cl)cccc12. The molecule has 0 aliphatic heterocycles. The second kappa shape index (κ2) is 8.55. The van der Waals surface area contributed by atoms with Crippen LogP contribution in [0.5, 0.6) is 0 Å². The number of pyridine rings is 1. The summed E-state index contributed by atoms with van der Waals surface area (Å²) in [6.07, 6.45) is 4.29. The van der Waals surface area contributed by atoms with Gasteiger partial charge in [-0.15, -0.1) is 11.8 Å². The molecule has 0 saturated carbocycles. The fourth-order valence-corrected chi connectivity index (χ4v) is 4.34. The first-order valence-corrected chi connectivity index (χ1v) is 10.8. The molecule has 0 unspecified atom stereocenters. The molecule has 0 fully saturated rings. The summed E-state index contributed by atoms with van der Waals surface area (Å²) in [6.45, 7) is 6.47. The van der Waals surface area contributed by atoms with E-state index in [0.717, 1.165) is 47.7 Å². The predicted molar refractivity (Wildman–Crippen MR) is 115 cm³/mol. The third-order valence-corrected chi connectivity index (χ3v) is 5.51. The molecule has 3 rings (SSSR count). The molecule has 2 heterocycles. The average Bonchev–Trinajstić information content (AvgIpc) is 3.00. The highest BCUT2D eigenvalue weighted by molar-refractivity contribution is 7.98. The smallest absolute Gasteiger partial charge is 0.142 e. The van der Waals surface area contributed by atoms with Crippen LogP contribution >= 0.6 is 35.0 Å². The molecule has 0 amide bonds. The Morgan fingerprint density at radius 3 is 2.42 bits per heavy atom. The lowest BCUT2D eigenvalue weighted by molar-refractivity contribution is 0.740. The van der Waals surface area contributed by atoms with E-state index in [4.69, 9.17) is 28.3 Å². The van der Waals surface area contributed by atoms with Crippen molar-refractivity contribution in [3.05, 3.63) is 46.4 Å². The number of rotatable bonds is 7. The Morgan fingerprint density at radius 2 is 1.81 bits per heavy atom. The molecular formula is C20H23Cl2N3S. The molecule has 0 N–H and O–H groups in total. The minimum Gasteiger partial charge on any atom is -0.368 e. The van der Waals surface area contributed by atoms with E-state index in [2.05, 4.69) is 37.1 Å². The van der Waals surface area contributed by atoms with Crippen LogP contribution in [-0.2, 0) is 0 Å². The first kappa shape index (κ1) is 19.4. The van der Waals surface area contributed by atoms with Gasteiger partial charge in [-0.3, -0.25) is 0 Å². The number of nitrogens with zero attached hydrogens (tertiary/aromatic N) is 3. The quantitative estimate of drug-likeness (QED) is 0.408. The van der Waals surface area contributed by atoms with Gasteiger partial charge in [0.15, 0.2) is 0 Å². The maximum absolute atomic E-state index is 6.47. The third-order valence-electron chi connectivity index (χ3n) is 4.30. The minimum absolute atomic E-state index is 0.631. The number of thioether (sulfide) groups is 1. The predicted octanol–water partition coefficient (Wildman–Crippen LogP) is 6.66. The van der Waals surface area contributed by atoms with Crippen LogP contribution in [0, 0.1) is 0 Å². The van der Waals surface area contributed by atoms with Crippen molar-refractivity contribution in [2.75, 3.05) is 24.2 Å². The van der Waals surface area contributed by atoms with Crippen LogP contribution in [0.1, 0.15) is 26.7 Å². The van der Waals surface area contributed by atoms with E-state index in [-0.39, 0.29) is 0 Å². The fraction of sp³-hybridized carbons (Fsp3) is 0.350. The van der Waals surface area contributed by atoms with Crippen LogP contribution in [0.4, 0.5) is 5.69 Å².